The maximum Gasteiger partial charge on any atom is 0.311 e. The first-order valence-corrected chi connectivity index (χ1v) is 10.1. The van der Waals surface area contributed by atoms with Gasteiger partial charge in [0, 0.05) is 23.6 Å². The Morgan fingerprint density at radius 1 is 0.966 bits per heavy atom. The van der Waals surface area contributed by atoms with Gasteiger partial charge in [-0.3, -0.25) is 14.4 Å². The number of amides is 1. The smallest absolute Gasteiger partial charge is 0.311 e. The third-order valence-electron chi connectivity index (χ3n) is 4.29. The van der Waals surface area contributed by atoms with Crippen LogP contribution in [0.1, 0.15) is 67.4 Å². The molecule has 162 valence electrons. The summed E-state index contributed by atoms with van der Waals surface area (Å²) in [6.45, 7) is 15.2. The standard InChI is InChI=1S/C23H36N2O4/c1-15(13-19(26)16(2)25-23(6,7)8)20(27)24-18-11-9-17(10-12-18)14-29-21(28)22(3,4)5/h9-12,15-16,25H,13-14H2,1-8H3,(H,24,27). The van der Waals surface area contributed by atoms with Gasteiger partial charge in [-0.1, -0.05) is 19.1 Å². The van der Waals surface area contributed by atoms with Crippen LogP contribution in [0.3, 0.4) is 0 Å². The molecule has 1 rings (SSSR count). The topological polar surface area (TPSA) is 84.5 Å². The summed E-state index contributed by atoms with van der Waals surface area (Å²) >= 11 is 0. The Morgan fingerprint density at radius 2 is 1.52 bits per heavy atom. The summed E-state index contributed by atoms with van der Waals surface area (Å²) in [6.07, 6.45) is 0.177. The van der Waals surface area contributed by atoms with E-state index >= 15 is 0 Å². The summed E-state index contributed by atoms with van der Waals surface area (Å²) in [5, 5.41) is 6.06. The summed E-state index contributed by atoms with van der Waals surface area (Å²) in [7, 11) is 0. The molecule has 1 aromatic rings. The van der Waals surface area contributed by atoms with E-state index in [-0.39, 0.29) is 42.3 Å². The van der Waals surface area contributed by atoms with E-state index in [1.807, 2.05) is 27.7 Å². The summed E-state index contributed by atoms with van der Waals surface area (Å²) in [5.41, 5.74) is 0.775. The maximum absolute atomic E-state index is 12.4. The zero-order valence-corrected chi connectivity index (χ0v) is 19.0. The summed E-state index contributed by atoms with van der Waals surface area (Å²) in [4.78, 5) is 36.6. The number of Topliss-reactive ketones (excluding diaryl/α,β-unsaturated/α-hetero) is 1. The molecule has 6 nitrogen and oxygen atoms in total. The van der Waals surface area contributed by atoms with Crippen LogP contribution in [0.25, 0.3) is 0 Å². The first-order valence-electron chi connectivity index (χ1n) is 10.1. The van der Waals surface area contributed by atoms with Gasteiger partial charge in [0.25, 0.3) is 0 Å². The molecular weight excluding hydrogens is 368 g/mol. The Morgan fingerprint density at radius 3 is 2.00 bits per heavy atom. The number of anilines is 1. The number of ether oxygens (including phenoxy) is 1. The van der Waals surface area contributed by atoms with Crippen LogP contribution in [0.4, 0.5) is 5.69 Å². The van der Waals surface area contributed by atoms with Crippen molar-refractivity contribution in [1.82, 2.24) is 5.32 Å². The second-order valence-electron chi connectivity index (χ2n) is 9.70. The summed E-state index contributed by atoms with van der Waals surface area (Å²) in [5.74, 6) is -0.880. The molecule has 0 spiro atoms. The van der Waals surface area contributed by atoms with Crippen molar-refractivity contribution in [3.05, 3.63) is 29.8 Å². The van der Waals surface area contributed by atoms with Crippen LogP contribution in [-0.2, 0) is 25.7 Å². The molecule has 0 radical (unpaired) electrons. The van der Waals surface area contributed by atoms with Gasteiger partial charge in [-0.25, -0.2) is 0 Å². The molecule has 0 heterocycles. The Kier molecular flexibility index (Phi) is 8.57. The van der Waals surface area contributed by atoms with E-state index in [2.05, 4.69) is 10.6 Å². The van der Waals surface area contributed by atoms with Crippen LogP contribution in [0.2, 0.25) is 0 Å². The number of esters is 1. The molecule has 0 saturated carbocycles. The van der Waals surface area contributed by atoms with Gasteiger partial charge in [0.2, 0.25) is 5.91 Å². The quantitative estimate of drug-likeness (QED) is 0.638. The number of ketones is 1. The molecule has 2 N–H and O–H groups in total. The predicted molar refractivity (Wildman–Crippen MR) is 115 cm³/mol. The average molecular weight is 405 g/mol. The molecule has 6 heteroatoms. The zero-order valence-electron chi connectivity index (χ0n) is 19.0. The normalized spacial score (nSPS) is 14.1. The minimum absolute atomic E-state index is 0.0126. The molecule has 0 aliphatic carbocycles. The fourth-order valence-corrected chi connectivity index (χ4v) is 2.62. The van der Waals surface area contributed by atoms with Crippen molar-refractivity contribution in [1.29, 1.82) is 0 Å². The van der Waals surface area contributed by atoms with Crippen molar-refractivity contribution in [2.24, 2.45) is 11.3 Å². The molecule has 0 aromatic heterocycles. The molecule has 1 amide bonds. The lowest BCUT2D eigenvalue weighted by Crippen LogP contribution is -2.46. The fourth-order valence-electron chi connectivity index (χ4n) is 2.62. The van der Waals surface area contributed by atoms with Crippen LogP contribution in [-0.4, -0.2) is 29.2 Å². The molecular formula is C23H36N2O4. The molecule has 2 atom stereocenters. The van der Waals surface area contributed by atoms with Crippen molar-refractivity contribution in [2.75, 3.05) is 5.32 Å². The van der Waals surface area contributed by atoms with Crippen LogP contribution < -0.4 is 10.6 Å². The Bertz CT molecular complexity index is 712. The highest BCUT2D eigenvalue weighted by Gasteiger charge is 2.24. The largest absolute Gasteiger partial charge is 0.460 e. The van der Waals surface area contributed by atoms with Gasteiger partial charge in [-0.05, 0) is 66.2 Å². The van der Waals surface area contributed by atoms with Crippen molar-refractivity contribution in [3.63, 3.8) is 0 Å². The highest BCUT2D eigenvalue weighted by atomic mass is 16.5. The lowest BCUT2D eigenvalue weighted by molar-refractivity contribution is -0.154. The molecule has 0 aliphatic rings. The fraction of sp³-hybridized carbons (Fsp3) is 0.609. The lowest BCUT2D eigenvalue weighted by atomic mass is 9.97. The SMILES string of the molecule is CC(CC(=O)C(C)NC(C)(C)C)C(=O)Nc1ccc(COC(=O)C(C)(C)C)cc1. The van der Waals surface area contributed by atoms with E-state index in [1.165, 1.54) is 0 Å². The number of carbonyl (C=O) groups is 3. The van der Waals surface area contributed by atoms with Crippen molar-refractivity contribution >= 4 is 23.3 Å². The number of carbonyl (C=O) groups excluding carboxylic acids is 3. The monoisotopic (exact) mass is 404 g/mol. The Labute approximate surface area is 174 Å². The van der Waals surface area contributed by atoms with Gasteiger partial charge in [0.05, 0.1) is 11.5 Å². The first kappa shape index (κ1) is 24.8. The number of nitrogens with one attached hydrogen (secondary N) is 2. The molecule has 2 unspecified atom stereocenters. The molecule has 1 aromatic carbocycles. The Balaban J connectivity index is 2.55. The van der Waals surface area contributed by atoms with Gasteiger partial charge in [0.15, 0.2) is 0 Å². The molecule has 0 saturated heterocycles. The van der Waals surface area contributed by atoms with Gasteiger partial charge in [-0.15, -0.1) is 0 Å². The summed E-state index contributed by atoms with van der Waals surface area (Å²) < 4.78 is 5.28. The highest BCUT2D eigenvalue weighted by molar-refractivity contribution is 5.96. The van der Waals surface area contributed by atoms with E-state index in [4.69, 9.17) is 4.74 Å². The van der Waals surface area contributed by atoms with Gasteiger partial charge >= 0.3 is 5.97 Å². The van der Waals surface area contributed by atoms with Crippen molar-refractivity contribution in [2.45, 2.75) is 80.0 Å². The number of rotatable bonds is 8. The van der Waals surface area contributed by atoms with Gasteiger partial charge < -0.3 is 15.4 Å². The van der Waals surface area contributed by atoms with Crippen molar-refractivity contribution < 1.29 is 19.1 Å². The lowest BCUT2D eigenvalue weighted by Gasteiger charge is -2.25. The van der Waals surface area contributed by atoms with E-state index in [0.717, 1.165) is 5.56 Å². The van der Waals surface area contributed by atoms with Crippen LogP contribution in [0.5, 0.6) is 0 Å². The van der Waals surface area contributed by atoms with E-state index in [9.17, 15) is 14.4 Å². The zero-order chi connectivity index (χ0) is 22.4. The van der Waals surface area contributed by atoms with E-state index in [0.29, 0.717) is 5.69 Å². The molecule has 0 fully saturated rings. The summed E-state index contributed by atoms with van der Waals surface area (Å²) in [6, 6.07) is 6.82. The molecule has 0 aliphatic heterocycles. The predicted octanol–water partition coefficient (Wildman–Crippen LogP) is 4.09. The molecule has 0 bridgehead atoms. The van der Waals surface area contributed by atoms with E-state index < -0.39 is 11.3 Å². The minimum Gasteiger partial charge on any atom is -0.460 e. The van der Waals surface area contributed by atoms with Crippen LogP contribution >= 0.6 is 0 Å². The third-order valence-corrected chi connectivity index (χ3v) is 4.29. The molecule has 29 heavy (non-hydrogen) atoms. The number of benzene rings is 1. The number of hydrogen-bond acceptors (Lipinski definition) is 5. The van der Waals surface area contributed by atoms with Crippen LogP contribution in [0.15, 0.2) is 24.3 Å². The van der Waals surface area contributed by atoms with E-state index in [1.54, 1.807) is 52.0 Å². The number of hydrogen-bond donors (Lipinski definition) is 2. The minimum atomic E-state index is -0.540. The highest BCUT2D eigenvalue weighted by Crippen LogP contribution is 2.18. The van der Waals surface area contributed by atoms with Crippen LogP contribution in [0, 0.1) is 11.3 Å². The Hall–Kier alpha value is -2.21. The average Bonchev–Trinajstić information content (AvgIpc) is 2.58. The first-order chi connectivity index (χ1) is 13.2. The third kappa shape index (κ3) is 9.22. The van der Waals surface area contributed by atoms with Crippen molar-refractivity contribution in [3.8, 4) is 0 Å². The van der Waals surface area contributed by atoms with Gasteiger partial charge in [-0.2, -0.15) is 0 Å². The second-order valence-corrected chi connectivity index (χ2v) is 9.70. The van der Waals surface area contributed by atoms with Gasteiger partial charge in [0.1, 0.15) is 12.4 Å². The maximum atomic E-state index is 12.4. The second kappa shape index (κ2) is 10.0.